The average Bonchev–Trinajstić information content (AvgIpc) is 2.63. The number of nitrogens with zero attached hydrogens (tertiary/aromatic N) is 2. The molecule has 0 amide bonds. The Hall–Kier alpha value is -2.94. The van der Waals surface area contributed by atoms with Crippen molar-refractivity contribution in [1.82, 2.24) is 9.97 Å². The lowest BCUT2D eigenvalue weighted by Crippen LogP contribution is -1.93. The predicted octanol–water partition coefficient (Wildman–Crippen LogP) is 4.87. The van der Waals surface area contributed by atoms with Crippen LogP contribution in [0.25, 0.3) is 21.8 Å². The van der Waals surface area contributed by atoms with E-state index in [1.165, 1.54) is 5.39 Å². The van der Waals surface area contributed by atoms with Crippen LogP contribution >= 0.6 is 0 Å². The molecular formula is C20H18N2O. The van der Waals surface area contributed by atoms with Gasteiger partial charge in [0.05, 0.1) is 17.6 Å². The van der Waals surface area contributed by atoms with Gasteiger partial charge in [-0.05, 0) is 31.2 Å². The maximum absolute atomic E-state index is 5.30. The molecule has 0 unspecified atom stereocenters. The molecule has 0 fully saturated rings. The molecule has 23 heavy (non-hydrogen) atoms. The molecule has 0 spiro atoms. The first-order valence-corrected chi connectivity index (χ1v) is 7.65. The number of para-hydroxylation sites is 2. The molecule has 114 valence electrons. The third-order valence-corrected chi connectivity index (χ3v) is 3.38. The molecule has 4 aromatic rings. The number of pyridine rings is 2. The van der Waals surface area contributed by atoms with Crippen molar-refractivity contribution in [3.05, 3.63) is 79.0 Å². The van der Waals surface area contributed by atoms with E-state index in [0.717, 1.165) is 16.4 Å². The summed E-state index contributed by atoms with van der Waals surface area (Å²) in [6.07, 6.45) is 1.81. The molecule has 0 aliphatic heterocycles. The molecule has 0 N–H and O–H groups in total. The first kappa shape index (κ1) is 15.0. The molecule has 0 aliphatic carbocycles. The summed E-state index contributed by atoms with van der Waals surface area (Å²) in [5.74, 6) is 0.696. The van der Waals surface area contributed by atoms with Gasteiger partial charge in [0.25, 0.3) is 0 Å². The van der Waals surface area contributed by atoms with Crippen molar-refractivity contribution in [3.63, 3.8) is 0 Å². The molecule has 0 saturated carbocycles. The smallest absolute Gasteiger partial charge is 0.213 e. The van der Waals surface area contributed by atoms with Crippen molar-refractivity contribution < 1.29 is 4.74 Å². The van der Waals surface area contributed by atoms with Crippen LogP contribution in [0.4, 0.5) is 0 Å². The van der Waals surface area contributed by atoms with E-state index in [0.29, 0.717) is 12.5 Å². The molecular weight excluding hydrogens is 284 g/mol. The molecule has 3 nitrogen and oxygen atoms in total. The molecule has 4 rings (SSSR count). The van der Waals surface area contributed by atoms with Gasteiger partial charge >= 0.3 is 0 Å². The summed E-state index contributed by atoms with van der Waals surface area (Å²) in [7, 11) is 0. The number of benzene rings is 2. The van der Waals surface area contributed by atoms with Gasteiger partial charge in [0, 0.05) is 23.0 Å². The molecule has 0 saturated heterocycles. The first-order chi connectivity index (χ1) is 11.4. The summed E-state index contributed by atoms with van der Waals surface area (Å²) >= 11 is 0. The van der Waals surface area contributed by atoms with Crippen LogP contribution < -0.4 is 4.74 Å². The average molecular weight is 302 g/mol. The molecule has 2 aromatic carbocycles. The summed E-state index contributed by atoms with van der Waals surface area (Å²) in [6.45, 7) is 2.61. The van der Waals surface area contributed by atoms with Crippen molar-refractivity contribution >= 4 is 21.8 Å². The second-order valence-corrected chi connectivity index (χ2v) is 4.97. The lowest BCUT2D eigenvalue weighted by molar-refractivity contribution is 0.328. The van der Waals surface area contributed by atoms with E-state index in [4.69, 9.17) is 4.74 Å². The Balaban J connectivity index is 0.000000140. The first-order valence-electron chi connectivity index (χ1n) is 7.65. The van der Waals surface area contributed by atoms with Crippen LogP contribution in [0.1, 0.15) is 6.92 Å². The molecule has 3 heteroatoms. The third-order valence-electron chi connectivity index (χ3n) is 3.38. The van der Waals surface area contributed by atoms with Crippen molar-refractivity contribution in [2.45, 2.75) is 6.92 Å². The lowest BCUT2D eigenvalue weighted by atomic mass is 10.2. The van der Waals surface area contributed by atoms with E-state index in [9.17, 15) is 0 Å². The van der Waals surface area contributed by atoms with E-state index in [-0.39, 0.29) is 0 Å². The number of fused-ring (bicyclic) bond motifs is 2. The van der Waals surface area contributed by atoms with Gasteiger partial charge < -0.3 is 4.74 Å². The Bertz CT molecular complexity index is 840. The normalized spacial score (nSPS) is 10.1. The Kier molecular flexibility index (Phi) is 4.79. The topological polar surface area (TPSA) is 35.0 Å². The number of hydrogen-bond acceptors (Lipinski definition) is 3. The van der Waals surface area contributed by atoms with Crippen LogP contribution in [0.3, 0.4) is 0 Å². The Morgan fingerprint density at radius 1 is 0.739 bits per heavy atom. The van der Waals surface area contributed by atoms with Gasteiger partial charge in [-0.3, -0.25) is 4.98 Å². The lowest BCUT2D eigenvalue weighted by Gasteiger charge is -2.02. The van der Waals surface area contributed by atoms with Gasteiger partial charge in [0.15, 0.2) is 0 Å². The third kappa shape index (κ3) is 3.83. The Labute approximate surface area is 135 Å². The number of aromatic nitrogens is 2. The highest BCUT2D eigenvalue weighted by Crippen LogP contribution is 2.15. The van der Waals surface area contributed by atoms with Crippen LogP contribution in [-0.4, -0.2) is 16.6 Å². The fourth-order valence-corrected chi connectivity index (χ4v) is 2.29. The number of ether oxygens (including phenoxy) is 1. The van der Waals surface area contributed by atoms with Gasteiger partial charge in [0.1, 0.15) is 0 Å². The summed E-state index contributed by atoms with van der Waals surface area (Å²) in [5, 5.41) is 2.34. The highest BCUT2D eigenvalue weighted by Gasteiger charge is 1.96. The van der Waals surface area contributed by atoms with Crippen LogP contribution in [0, 0.1) is 0 Å². The molecule has 0 bridgehead atoms. The molecule has 0 aliphatic rings. The van der Waals surface area contributed by atoms with Gasteiger partial charge in [-0.2, -0.15) is 0 Å². The molecule has 0 radical (unpaired) electrons. The Morgan fingerprint density at radius 2 is 1.39 bits per heavy atom. The summed E-state index contributed by atoms with van der Waals surface area (Å²) in [4.78, 5) is 8.52. The quantitative estimate of drug-likeness (QED) is 0.530. The van der Waals surface area contributed by atoms with E-state index in [2.05, 4.69) is 22.1 Å². The number of hydrogen-bond donors (Lipinski definition) is 0. The Morgan fingerprint density at radius 3 is 2.13 bits per heavy atom. The number of rotatable bonds is 2. The van der Waals surface area contributed by atoms with Crippen molar-refractivity contribution in [2.24, 2.45) is 0 Å². The fraction of sp³-hybridized carbons (Fsp3) is 0.100. The summed E-state index contributed by atoms with van der Waals surface area (Å²) in [5.41, 5.74) is 2.04. The second kappa shape index (κ2) is 7.36. The zero-order valence-corrected chi connectivity index (χ0v) is 13.0. The maximum Gasteiger partial charge on any atom is 0.213 e. The van der Waals surface area contributed by atoms with Crippen LogP contribution in [0.5, 0.6) is 5.88 Å². The van der Waals surface area contributed by atoms with Gasteiger partial charge in [-0.15, -0.1) is 0 Å². The monoisotopic (exact) mass is 302 g/mol. The minimum absolute atomic E-state index is 0.658. The minimum Gasteiger partial charge on any atom is -0.478 e. The van der Waals surface area contributed by atoms with Gasteiger partial charge in [0.2, 0.25) is 5.88 Å². The molecule has 2 heterocycles. The van der Waals surface area contributed by atoms with E-state index in [1.54, 1.807) is 0 Å². The maximum atomic E-state index is 5.30. The van der Waals surface area contributed by atoms with E-state index < -0.39 is 0 Å². The highest BCUT2D eigenvalue weighted by molar-refractivity contribution is 5.79. The van der Waals surface area contributed by atoms with Crippen molar-refractivity contribution in [3.8, 4) is 5.88 Å². The minimum atomic E-state index is 0.658. The predicted molar refractivity (Wildman–Crippen MR) is 94.7 cm³/mol. The zero-order chi connectivity index (χ0) is 15.9. The zero-order valence-electron chi connectivity index (χ0n) is 13.0. The van der Waals surface area contributed by atoms with Crippen LogP contribution in [-0.2, 0) is 0 Å². The van der Waals surface area contributed by atoms with Crippen LogP contribution in [0.15, 0.2) is 79.0 Å². The van der Waals surface area contributed by atoms with Crippen LogP contribution in [0.2, 0.25) is 0 Å². The highest BCUT2D eigenvalue weighted by atomic mass is 16.5. The van der Waals surface area contributed by atoms with Crippen molar-refractivity contribution in [1.29, 1.82) is 0 Å². The van der Waals surface area contributed by atoms with Gasteiger partial charge in [-0.1, -0.05) is 42.5 Å². The largest absolute Gasteiger partial charge is 0.478 e. The summed E-state index contributed by atoms with van der Waals surface area (Å²) < 4.78 is 5.30. The second-order valence-electron chi connectivity index (χ2n) is 4.97. The van der Waals surface area contributed by atoms with E-state index >= 15 is 0 Å². The van der Waals surface area contributed by atoms with E-state index in [1.807, 2.05) is 73.8 Å². The van der Waals surface area contributed by atoms with Gasteiger partial charge in [-0.25, -0.2) is 4.98 Å². The fourth-order valence-electron chi connectivity index (χ4n) is 2.29. The molecule has 0 atom stereocenters. The SMILES string of the molecule is CCOc1ccc2ccccc2n1.c1ccc2ncccc2c1. The van der Waals surface area contributed by atoms with Crippen molar-refractivity contribution in [2.75, 3.05) is 6.61 Å². The summed E-state index contributed by atoms with van der Waals surface area (Å²) in [6, 6.07) is 24.0. The standard InChI is InChI=1S/C11H11NO.C9H7N/c1-2-13-11-8-7-9-5-3-4-6-10(9)12-11;1-2-6-9-8(4-1)5-3-7-10-9/h3-8H,2H2,1H3;1-7H. The molecule has 2 aromatic heterocycles.